The fourth-order valence-corrected chi connectivity index (χ4v) is 4.14. The van der Waals surface area contributed by atoms with Crippen molar-refractivity contribution in [1.82, 2.24) is 0 Å². The Balaban J connectivity index is 1.95. The number of hydrogen-bond donors (Lipinski definition) is 0. The zero-order chi connectivity index (χ0) is 20.5. The second-order valence-corrected chi connectivity index (χ2v) is 10.8. The van der Waals surface area contributed by atoms with Gasteiger partial charge in [0.25, 0.3) is 0 Å². The molecule has 1 aliphatic rings. The van der Waals surface area contributed by atoms with E-state index in [1.807, 2.05) is 0 Å². The Bertz CT molecular complexity index is 1070. The van der Waals surface area contributed by atoms with Crippen molar-refractivity contribution in [3.05, 3.63) is 65.2 Å². The summed E-state index contributed by atoms with van der Waals surface area (Å²) in [5.41, 5.74) is 6.37. The van der Waals surface area contributed by atoms with Crippen LogP contribution in [0.25, 0.3) is 21.9 Å². The van der Waals surface area contributed by atoms with Gasteiger partial charge < -0.3 is 4.74 Å². The molecule has 0 amide bonds. The van der Waals surface area contributed by atoms with Crippen LogP contribution in [-0.2, 0) is 16.4 Å². The Morgan fingerprint density at radius 3 is 1.89 bits per heavy atom. The van der Waals surface area contributed by atoms with Crippen LogP contribution in [0.15, 0.2) is 48.5 Å². The van der Waals surface area contributed by atoms with Crippen molar-refractivity contribution < 1.29 is 4.74 Å². The van der Waals surface area contributed by atoms with Crippen molar-refractivity contribution in [3.8, 4) is 16.9 Å². The lowest BCUT2D eigenvalue weighted by Gasteiger charge is -2.37. The molecule has 3 aromatic carbocycles. The van der Waals surface area contributed by atoms with Crippen molar-refractivity contribution >= 4 is 10.8 Å². The van der Waals surface area contributed by atoms with Gasteiger partial charge in [-0.2, -0.15) is 0 Å². The maximum atomic E-state index is 6.65. The minimum atomic E-state index is -0.361. The van der Waals surface area contributed by atoms with Crippen LogP contribution in [0.1, 0.15) is 72.1 Å². The van der Waals surface area contributed by atoms with E-state index in [2.05, 4.69) is 104 Å². The van der Waals surface area contributed by atoms with Crippen LogP contribution in [0.3, 0.4) is 0 Å². The average molecular weight is 373 g/mol. The molecule has 0 bridgehead atoms. The van der Waals surface area contributed by atoms with Crippen LogP contribution in [0, 0.1) is 0 Å². The second-order valence-electron chi connectivity index (χ2n) is 10.8. The Morgan fingerprint density at radius 2 is 1.25 bits per heavy atom. The molecule has 3 aromatic rings. The van der Waals surface area contributed by atoms with Crippen LogP contribution in [0.2, 0.25) is 0 Å². The number of benzene rings is 3. The third-order valence-electron chi connectivity index (χ3n) is 6.02. The lowest BCUT2D eigenvalue weighted by atomic mass is 9.79. The van der Waals surface area contributed by atoms with Gasteiger partial charge >= 0.3 is 0 Å². The average Bonchev–Trinajstić information content (AvgIpc) is 2.59. The molecule has 0 unspecified atom stereocenters. The maximum Gasteiger partial charge on any atom is 0.136 e. The van der Waals surface area contributed by atoms with Crippen molar-refractivity contribution in [3.63, 3.8) is 0 Å². The van der Waals surface area contributed by atoms with Crippen molar-refractivity contribution in [2.75, 3.05) is 0 Å². The molecule has 1 aliphatic heterocycles. The number of ether oxygens (including phenoxy) is 1. The molecule has 0 spiro atoms. The van der Waals surface area contributed by atoms with E-state index in [1.165, 1.54) is 38.6 Å². The summed E-state index contributed by atoms with van der Waals surface area (Å²) in [5.74, 6) is 1.01. The first-order valence-corrected chi connectivity index (χ1v) is 10.3. The van der Waals surface area contributed by atoms with Crippen molar-refractivity contribution in [1.29, 1.82) is 0 Å². The molecule has 1 heteroatoms. The van der Waals surface area contributed by atoms with Crippen LogP contribution in [-0.4, -0.2) is 0 Å². The molecule has 0 N–H and O–H groups in total. The lowest BCUT2D eigenvalue weighted by molar-refractivity contribution is 0.108. The fourth-order valence-electron chi connectivity index (χ4n) is 4.14. The van der Waals surface area contributed by atoms with E-state index in [0.29, 0.717) is 0 Å². The summed E-state index contributed by atoms with van der Waals surface area (Å²) >= 11 is 0. The normalized spacial score (nSPS) is 15.7. The van der Waals surface area contributed by atoms with Gasteiger partial charge in [-0.1, -0.05) is 84.0 Å². The number of fused-ring (bicyclic) bond motifs is 5. The van der Waals surface area contributed by atoms with Crippen molar-refractivity contribution in [2.24, 2.45) is 0 Å². The van der Waals surface area contributed by atoms with E-state index in [1.54, 1.807) is 0 Å². The van der Waals surface area contributed by atoms with Crippen LogP contribution < -0.4 is 4.74 Å². The zero-order valence-electron chi connectivity index (χ0n) is 18.5. The second kappa shape index (κ2) is 5.86. The third kappa shape index (κ3) is 3.02. The summed E-state index contributed by atoms with van der Waals surface area (Å²) in [5, 5.41) is 2.45. The summed E-state index contributed by atoms with van der Waals surface area (Å²) < 4.78 is 6.65. The largest absolute Gasteiger partial charge is 0.482 e. The summed E-state index contributed by atoms with van der Waals surface area (Å²) in [6.45, 7) is 17.9. The highest BCUT2D eigenvalue weighted by Crippen LogP contribution is 2.49. The molecule has 1 heterocycles. The van der Waals surface area contributed by atoms with E-state index in [-0.39, 0.29) is 16.4 Å². The Hall–Kier alpha value is -2.28. The zero-order valence-corrected chi connectivity index (χ0v) is 18.5. The predicted octanol–water partition coefficient (Wildman–Crippen LogP) is 7.73. The summed E-state index contributed by atoms with van der Waals surface area (Å²) in [6.07, 6.45) is 0. The molecule has 1 nitrogen and oxygen atoms in total. The first-order chi connectivity index (χ1) is 12.9. The first-order valence-electron chi connectivity index (χ1n) is 10.3. The Labute approximate surface area is 169 Å². The van der Waals surface area contributed by atoms with E-state index in [4.69, 9.17) is 4.74 Å². The molecule has 0 saturated heterocycles. The molecule has 0 saturated carbocycles. The van der Waals surface area contributed by atoms with Crippen molar-refractivity contribution in [2.45, 2.75) is 71.8 Å². The first kappa shape index (κ1) is 19.1. The van der Waals surface area contributed by atoms with Gasteiger partial charge in [0.2, 0.25) is 0 Å². The van der Waals surface area contributed by atoms with E-state index < -0.39 is 0 Å². The van der Waals surface area contributed by atoms with Gasteiger partial charge in [0, 0.05) is 16.5 Å². The van der Waals surface area contributed by atoms with E-state index in [0.717, 1.165) is 5.75 Å². The number of hydrogen-bond acceptors (Lipinski definition) is 1. The van der Waals surface area contributed by atoms with Gasteiger partial charge in [0.15, 0.2) is 0 Å². The molecule has 0 fully saturated rings. The molecule has 4 rings (SSSR count). The van der Waals surface area contributed by atoms with E-state index >= 15 is 0 Å². The Morgan fingerprint density at radius 1 is 0.679 bits per heavy atom. The smallest absolute Gasteiger partial charge is 0.136 e. The lowest BCUT2D eigenvalue weighted by Crippen LogP contribution is -2.30. The molecule has 0 atom stereocenters. The summed E-state index contributed by atoms with van der Waals surface area (Å²) in [6, 6.07) is 18.2. The molecule has 28 heavy (non-hydrogen) atoms. The molecule has 146 valence electrons. The maximum absolute atomic E-state index is 6.65. The molecule has 0 aromatic heterocycles. The van der Waals surface area contributed by atoms with Crippen LogP contribution in [0.4, 0.5) is 0 Å². The van der Waals surface area contributed by atoms with Crippen LogP contribution in [0.5, 0.6) is 5.75 Å². The van der Waals surface area contributed by atoms with Gasteiger partial charge in [0.1, 0.15) is 11.4 Å². The van der Waals surface area contributed by atoms with Gasteiger partial charge in [-0.15, -0.1) is 0 Å². The monoisotopic (exact) mass is 372 g/mol. The molecular formula is C27H32O. The highest BCUT2D eigenvalue weighted by atomic mass is 16.5. The topological polar surface area (TPSA) is 9.23 Å². The highest BCUT2D eigenvalue weighted by molar-refractivity contribution is 5.97. The van der Waals surface area contributed by atoms with Crippen LogP contribution >= 0.6 is 0 Å². The molecule has 0 aliphatic carbocycles. The quantitative estimate of drug-likeness (QED) is 0.392. The van der Waals surface area contributed by atoms with Gasteiger partial charge in [-0.3, -0.25) is 0 Å². The minimum Gasteiger partial charge on any atom is -0.482 e. The summed E-state index contributed by atoms with van der Waals surface area (Å²) in [7, 11) is 0. The molecule has 0 radical (unpaired) electrons. The van der Waals surface area contributed by atoms with E-state index in [9.17, 15) is 0 Å². The highest BCUT2D eigenvalue weighted by Gasteiger charge is 2.34. The molecular weight excluding hydrogens is 340 g/mol. The van der Waals surface area contributed by atoms with Gasteiger partial charge in [-0.25, -0.2) is 0 Å². The fraction of sp³-hybridized carbons (Fsp3) is 0.407. The minimum absolute atomic E-state index is 0.123. The summed E-state index contributed by atoms with van der Waals surface area (Å²) in [4.78, 5) is 0. The Kier molecular flexibility index (Phi) is 3.99. The number of rotatable bonds is 0. The standard InChI is InChI=1S/C27H32O/c1-25(2,3)18-10-13-20-17(15-18)9-12-22-21-14-11-19(26(4,5)6)16-23(21)27(7,8)28-24(20)22/h9-16H,1-8H3. The SMILES string of the molecule is CC(C)(C)c1ccc2c(c1)C(C)(C)Oc1c-2ccc2cc(C(C)(C)C)ccc12. The predicted molar refractivity (Wildman–Crippen MR) is 120 cm³/mol. The third-order valence-corrected chi connectivity index (χ3v) is 6.02. The van der Waals surface area contributed by atoms with Gasteiger partial charge in [-0.05, 0) is 52.8 Å². The van der Waals surface area contributed by atoms with Gasteiger partial charge in [0.05, 0.1) is 0 Å².